The zero-order valence-electron chi connectivity index (χ0n) is 21.5. The summed E-state index contributed by atoms with van der Waals surface area (Å²) < 4.78 is 21.1. The first-order valence-electron chi connectivity index (χ1n) is 13.0. The van der Waals surface area contributed by atoms with Crippen LogP contribution in [0.1, 0.15) is 61.7 Å². The topological polar surface area (TPSA) is 105 Å². The van der Waals surface area contributed by atoms with E-state index in [0.717, 1.165) is 25.3 Å². The Morgan fingerprint density at radius 1 is 0.684 bits per heavy atom. The number of hydrogen-bond acceptors (Lipinski definition) is 8. The van der Waals surface area contributed by atoms with Gasteiger partial charge in [-0.15, -0.1) is 0 Å². The minimum atomic E-state index is -0.441. The van der Waals surface area contributed by atoms with Crippen LogP contribution in [-0.4, -0.2) is 37.1 Å². The van der Waals surface area contributed by atoms with Gasteiger partial charge < -0.3 is 18.9 Å². The molecule has 0 amide bonds. The number of esters is 4. The van der Waals surface area contributed by atoms with Gasteiger partial charge in [-0.2, -0.15) is 0 Å². The van der Waals surface area contributed by atoms with Gasteiger partial charge in [0.1, 0.15) is 11.5 Å². The first-order valence-corrected chi connectivity index (χ1v) is 13.0. The van der Waals surface area contributed by atoms with Crippen LogP contribution in [0.4, 0.5) is 0 Å². The van der Waals surface area contributed by atoms with Crippen molar-refractivity contribution in [1.29, 1.82) is 0 Å². The minimum absolute atomic E-state index is 0.230. The van der Waals surface area contributed by atoms with Crippen molar-refractivity contribution in [2.24, 2.45) is 11.8 Å². The monoisotopic (exact) mass is 522 g/mol. The van der Waals surface area contributed by atoms with Crippen LogP contribution in [0.3, 0.4) is 0 Å². The first kappa shape index (κ1) is 28.6. The Morgan fingerprint density at radius 3 is 1.71 bits per heavy atom. The molecular formula is C30H34O8. The van der Waals surface area contributed by atoms with Crippen LogP contribution in [0, 0.1) is 11.8 Å². The third-order valence-corrected chi connectivity index (χ3v) is 6.35. The lowest BCUT2D eigenvalue weighted by molar-refractivity contribution is -0.145. The summed E-state index contributed by atoms with van der Waals surface area (Å²) in [4.78, 5) is 48.2. The maximum atomic E-state index is 12.6. The van der Waals surface area contributed by atoms with Crippen molar-refractivity contribution >= 4 is 23.9 Å². The number of ether oxygens (including phenoxy) is 4. The quantitative estimate of drug-likeness (QED) is 0.148. The molecule has 0 saturated heterocycles. The molecule has 1 aliphatic carbocycles. The first-order chi connectivity index (χ1) is 18.5. The summed E-state index contributed by atoms with van der Waals surface area (Å²) in [6.45, 7) is 3.99. The summed E-state index contributed by atoms with van der Waals surface area (Å²) >= 11 is 0. The molecule has 0 heterocycles. The van der Waals surface area contributed by atoms with Gasteiger partial charge in [-0.3, -0.25) is 9.59 Å². The zero-order valence-corrected chi connectivity index (χ0v) is 21.5. The predicted molar refractivity (Wildman–Crippen MR) is 140 cm³/mol. The van der Waals surface area contributed by atoms with Gasteiger partial charge in [-0.05, 0) is 87.8 Å². The van der Waals surface area contributed by atoms with Gasteiger partial charge in [-0.25, -0.2) is 9.59 Å². The smallest absolute Gasteiger partial charge is 0.338 e. The molecule has 2 aromatic carbocycles. The van der Waals surface area contributed by atoms with Crippen molar-refractivity contribution in [3.8, 4) is 11.5 Å². The van der Waals surface area contributed by atoms with E-state index in [1.54, 1.807) is 36.4 Å². The van der Waals surface area contributed by atoms with Crippen molar-refractivity contribution in [2.45, 2.75) is 51.4 Å². The highest BCUT2D eigenvalue weighted by atomic mass is 16.5. The fourth-order valence-electron chi connectivity index (χ4n) is 4.15. The van der Waals surface area contributed by atoms with E-state index in [1.807, 2.05) is 18.2 Å². The van der Waals surface area contributed by atoms with E-state index in [1.165, 1.54) is 0 Å². The Hall–Kier alpha value is -3.94. The molecule has 0 N–H and O–H groups in total. The molecule has 1 fully saturated rings. The summed E-state index contributed by atoms with van der Waals surface area (Å²) in [6.07, 6.45) is 6.55. The Kier molecular flexibility index (Phi) is 11.6. The molecule has 1 saturated carbocycles. The van der Waals surface area contributed by atoms with Crippen LogP contribution in [0.5, 0.6) is 11.5 Å². The molecule has 8 heteroatoms. The lowest BCUT2D eigenvalue weighted by Crippen LogP contribution is -2.30. The molecule has 0 aliphatic heterocycles. The lowest BCUT2D eigenvalue weighted by atomic mass is 9.82. The second-order valence-electron chi connectivity index (χ2n) is 9.15. The summed E-state index contributed by atoms with van der Waals surface area (Å²) in [5.41, 5.74) is 0.374. The molecule has 0 aromatic heterocycles. The maximum absolute atomic E-state index is 12.6. The van der Waals surface area contributed by atoms with Gasteiger partial charge in [0.15, 0.2) is 0 Å². The van der Waals surface area contributed by atoms with Gasteiger partial charge in [0.25, 0.3) is 0 Å². The van der Waals surface area contributed by atoms with E-state index in [9.17, 15) is 19.2 Å². The van der Waals surface area contributed by atoms with Crippen molar-refractivity contribution < 1.29 is 38.1 Å². The Labute approximate surface area is 222 Å². The third kappa shape index (κ3) is 9.50. The highest BCUT2D eigenvalue weighted by Crippen LogP contribution is 2.31. The largest absolute Gasteiger partial charge is 0.463 e. The fraction of sp³-hybridized carbons (Fsp3) is 0.400. The molecule has 202 valence electrons. The van der Waals surface area contributed by atoms with Crippen molar-refractivity contribution in [1.82, 2.24) is 0 Å². The van der Waals surface area contributed by atoms with Crippen molar-refractivity contribution in [2.75, 3.05) is 13.2 Å². The van der Waals surface area contributed by atoms with Crippen LogP contribution in [0.15, 0.2) is 67.3 Å². The van der Waals surface area contributed by atoms with E-state index < -0.39 is 11.9 Å². The second-order valence-corrected chi connectivity index (χ2v) is 9.15. The van der Waals surface area contributed by atoms with E-state index in [2.05, 4.69) is 6.58 Å². The van der Waals surface area contributed by atoms with Crippen molar-refractivity contribution in [3.05, 3.63) is 72.8 Å². The number of hydrogen-bond donors (Lipinski definition) is 0. The van der Waals surface area contributed by atoms with Gasteiger partial charge in [-0.1, -0.05) is 24.8 Å². The predicted octanol–water partition coefficient (Wildman–Crippen LogP) is 5.45. The fourth-order valence-corrected chi connectivity index (χ4v) is 4.15. The van der Waals surface area contributed by atoms with Gasteiger partial charge >= 0.3 is 23.9 Å². The molecule has 38 heavy (non-hydrogen) atoms. The van der Waals surface area contributed by atoms with Crippen LogP contribution in [0.25, 0.3) is 0 Å². The molecule has 3 rings (SSSR count). The average Bonchev–Trinajstić information content (AvgIpc) is 2.95. The van der Waals surface area contributed by atoms with Crippen LogP contribution < -0.4 is 9.47 Å². The van der Waals surface area contributed by atoms with E-state index in [-0.39, 0.29) is 23.8 Å². The SMILES string of the molecule is C=CC(=O)OCCCCCCOC(=O)c1ccc(OC(=O)C2CCC(C(=O)Oc3ccccc3)CC2)cc1. The summed E-state index contributed by atoms with van der Waals surface area (Å²) in [5.74, 6) is -1.11. The molecule has 0 unspecified atom stereocenters. The highest BCUT2D eigenvalue weighted by molar-refractivity contribution is 5.89. The molecule has 2 aromatic rings. The third-order valence-electron chi connectivity index (χ3n) is 6.35. The standard InChI is InChI=1S/C30H34O8/c1-2-27(31)35-20-8-3-4-9-21-36-28(32)22-16-18-26(19-17-22)38-30(34)24-14-12-23(13-15-24)29(33)37-25-10-6-5-7-11-25/h2,5-7,10-11,16-19,23-24H,1,3-4,8-9,12-15,20-21H2. The van der Waals surface area contributed by atoms with Gasteiger partial charge in [0, 0.05) is 6.08 Å². The Morgan fingerprint density at radius 2 is 1.18 bits per heavy atom. The number of carbonyl (C=O) groups excluding carboxylic acids is 4. The van der Waals surface area contributed by atoms with Crippen molar-refractivity contribution in [3.63, 3.8) is 0 Å². The van der Waals surface area contributed by atoms with E-state index in [4.69, 9.17) is 18.9 Å². The molecule has 1 aliphatic rings. The van der Waals surface area contributed by atoms with Crippen LogP contribution in [0.2, 0.25) is 0 Å². The number of unbranched alkanes of at least 4 members (excludes halogenated alkanes) is 3. The number of para-hydroxylation sites is 1. The molecule has 0 radical (unpaired) electrons. The van der Waals surface area contributed by atoms with E-state index >= 15 is 0 Å². The maximum Gasteiger partial charge on any atom is 0.338 e. The summed E-state index contributed by atoms with van der Waals surface area (Å²) in [5, 5.41) is 0. The molecular weight excluding hydrogens is 488 g/mol. The lowest BCUT2D eigenvalue weighted by Gasteiger charge is -2.25. The minimum Gasteiger partial charge on any atom is -0.463 e. The van der Waals surface area contributed by atoms with Crippen LogP contribution in [-0.2, 0) is 23.9 Å². The number of carbonyl (C=O) groups is 4. The molecule has 8 nitrogen and oxygen atoms in total. The van der Waals surface area contributed by atoms with Gasteiger partial charge in [0.05, 0.1) is 30.6 Å². The summed E-state index contributed by atoms with van der Waals surface area (Å²) in [7, 11) is 0. The average molecular weight is 523 g/mol. The van der Waals surface area contributed by atoms with E-state index in [0.29, 0.717) is 62.4 Å². The summed E-state index contributed by atoms with van der Waals surface area (Å²) in [6, 6.07) is 15.2. The molecule has 0 atom stereocenters. The zero-order chi connectivity index (χ0) is 27.2. The number of rotatable bonds is 13. The Bertz CT molecular complexity index is 1070. The normalized spacial score (nSPS) is 16.6. The second kappa shape index (κ2) is 15.3. The van der Waals surface area contributed by atoms with Crippen LogP contribution >= 0.6 is 0 Å². The van der Waals surface area contributed by atoms with Gasteiger partial charge in [0.2, 0.25) is 0 Å². The highest BCUT2D eigenvalue weighted by Gasteiger charge is 2.32. The molecule has 0 spiro atoms. The Balaban J connectivity index is 1.32. The molecule has 0 bridgehead atoms. The number of benzene rings is 2.